The minimum Gasteiger partial charge on any atom is -0.465 e. The molecule has 0 N–H and O–H groups in total. The smallest absolute Gasteiger partial charge is 0.338 e. The summed E-state index contributed by atoms with van der Waals surface area (Å²) >= 11 is 0. The number of fused-ring (bicyclic) bond motifs is 1. The van der Waals surface area contributed by atoms with Crippen molar-refractivity contribution in [1.29, 1.82) is 0 Å². The van der Waals surface area contributed by atoms with E-state index in [0.29, 0.717) is 18.1 Å². The van der Waals surface area contributed by atoms with Crippen LogP contribution in [-0.4, -0.2) is 19.7 Å². The highest BCUT2D eigenvalue weighted by molar-refractivity contribution is 6.00. The fraction of sp³-hybridized carbons (Fsp3) is 0.346. The van der Waals surface area contributed by atoms with Crippen molar-refractivity contribution < 1.29 is 14.3 Å². The first kappa shape index (κ1) is 21.1. The maximum atomic E-state index is 12.3. The molecule has 3 rings (SSSR count). The standard InChI is InChI=1S/C26H30O3/c1-19(2)21-12-14-23-22(17-25(26(27)28-3)24(23)15-13-21)11-7-8-16-29-18-20-9-5-4-6-10-20/h4-6,9-10,12-15,17,19H,7-8,11,16,18H2,1-3H3/i17+2. The molecule has 2 aliphatic rings. The van der Waals surface area contributed by atoms with Crippen LogP contribution in [0.5, 0.6) is 0 Å². The van der Waals surface area contributed by atoms with Gasteiger partial charge in [0, 0.05) is 6.61 Å². The zero-order valence-electron chi connectivity index (χ0n) is 17.6. The minimum atomic E-state index is -0.273. The van der Waals surface area contributed by atoms with Crippen molar-refractivity contribution in [3.05, 3.63) is 82.9 Å². The third-order valence-corrected chi connectivity index (χ3v) is 5.30. The van der Waals surface area contributed by atoms with Gasteiger partial charge < -0.3 is 9.47 Å². The molecule has 3 heteroatoms. The van der Waals surface area contributed by atoms with Crippen molar-refractivity contribution in [3.63, 3.8) is 0 Å². The van der Waals surface area contributed by atoms with Crippen LogP contribution in [-0.2, 0) is 22.5 Å². The molecule has 0 radical (unpaired) electrons. The van der Waals surface area contributed by atoms with E-state index in [1.807, 2.05) is 24.3 Å². The molecule has 3 nitrogen and oxygen atoms in total. The molecule has 0 atom stereocenters. The SMILES string of the molecule is COC(=O)c1[14cH]c(CCCCOCc2ccccc2)c2ccc(C(C)C)ccc1-2. The van der Waals surface area contributed by atoms with E-state index >= 15 is 0 Å². The van der Waals surface area contributed by atoms with Crippen molar-refractivity contribution in [2.45, 2.75) is 45.6 Å². The monoisotopic (exact) mass is 392 g/mol. The van der Waals surface area contributed by atoms with Gasteiger partial charge in [-0.15, -0.1) is 0 Å². The van der Waals surface area contributed by atoms with E-state index in [4.69, 9.17) is 9.47 Å². The van der Waals surface area contributed by atoms with Gasteiger partial charge in [-0.25, -0.2) is 4.79 Å². The molecule has 1 aromatic carbocycles. The van der Waals surface area contributed by atoms with Gasteiger partial charge >= 0.3 is 5.97 Å². The Morgan fingerprint density at radius 3 is 2.38 bits per heavy atom. The van der Waals surface area contributed by atoms with Gasteiger partial charge in [0.2, 0.25) is 0 Å². The van der Waals surface area contributed by atoms with E-state index in [9.17, 15) is 4.79 Å². The molecular weight excluding hydrogens is 362 g/mol. The maximum Gasteiger partial charge on any atom is 0.338 e. The Hall–Kier alpha value is -2.65. The summed E-state index contributed by atoms with van der Waals surface area (Å²) in [6, 6.07) is 20.7. The second-order valence-corrected chi connectivity index (χ2v) is 7.72. The van der Waals surface area contributed by atoms with Crippen LogP contribution in [0.3, 0.4) is 0 Å². The maximum absolute atomic E-state index is 12.3. The van der Waals surface area contributed by atoms with Crippen molar-refractivity contribution >= 4 is 5.97 Å². The number of carbonyl (C=O) groups excluding carboxylic acids is 1. The molecule has 0 saturated carbocycles. The van der Waals surface area contributed by atoms with Crippen molar-refractivity contribution in [3.8, 4) is 11.1 Å². The molecule has 152 valence electrons. The molecule has 0 amide bonds. The van der Waals surface area contributed by atoms with E-state index in [1.54, 1.807) is 0 Å². The van der Waals surface area contributed by atoms with Gasteiger partial charge in [-0.1, -0.05) is 68.4 Å². The number of carbonyl (C=O) groups is 1. The Morgan fingerprint density at radius 2 is 1.69 bits per heavy atom. The van der Waals surface area contributed by atoms with Crippen LogP contribution in [0.1, 0.15) is 59.7 Å². The summed E-state index contributed by atoms with van der Waals surface area (Å²) in [7, 11) is 1.44. The fourth-order valence-electron chi connectivity index (χ4n) is 3.59. The van der Waals surface area contributed by atoms with E-state index in [2.05, 4.69) is 50.2 Å². The minimum absolute atomic E-state index is 0.273. The Morgan fingerprint density at radius 1 is 0.966 bits per heavy atom. The molecule has 0 unspecified atom stereocenters. The highest BCUT2D eigenvalue weighted by atomic mass is 16.5. The Bertz CT molecular complexity index is 899. The van der Waals surface area contributed by atoms with E-state index in [0.717, 1.165) is 37.0 Å². The summed E-state index contributed by atoms with van der Waals surface area (Å²) in [6.07, 6.45) is 2.93. The zero-order valence-corrected chi connectivity index (χ0v) is 17.6. The lowest BCUT2D eigenvalue weighted by Crippen LogP contribution is -2.00. The largest absolute Gasteiger partial charge is 0.465 e. The fourth-order valence-corrected chi connectivity index (χ4v) is 3.59. The van der Waals surface area contributed by atoms with Gasteiger partial charge in [0.15, 0.2) is 0 Å². The van der Waals surface area contributed by atoms with Crippen LogP contribution in [0.2, 0.25) is 0 Å². The summed E-state index contributed by atoms with van der Waals surface area (Å²) in [4.78, 5) is 12.3. The first-order valence-corrected chi connectivity index (χ1v) is 10.4. The summed E-state index contributed by atoms with van der Waals surface area (Å²) in [6.45, 7) is 5.75. The lowest BCUT2D eigenvalue weighted by Gasteiger charge is -2.05. The molecule has 0 heterocycles. The lowest BCUT2D eigenvalue weighted by molar-refractivity contribution is 0.0602. The number of aryl methyl sites for hydroxylation is 1. The van der Waals surface area contributed by atoms with E-state index in [1.165, 1.54) is 23.8 Å². The van der Waals surface area contributed by atoms with Gasteiger partial charge in [-0.3, -0.25) is 0 Å². The van der Waals surface area contributed by atoms with Crippen LogP contribution < -0.4 is 0 Å². The molecule has 0 aliphatic heterocycles. The molecule has 29 heavy (non-hydrogen) atoms. The van der Waals surface area contributed by atoms with Crippen molar-refractivity contribution in [1.82, 2.24) is 0 Å². The van der Waals surface area contributed by atoms with Gasteiger partial charge in [-0.05, 0) is 59.1 Å². The second kappa shape index (κ2) is 10.2. The normalized spacial score (nSPS) is 11.2. The number of ether oxygens (including phenoxy) is 2. The number of hydrogen-bond acceptors (Lipinski definition) is 3. The van der Waals surface area contributed by atoms with E-state index < -0.39 is 0 Å². The number of unbranched alkanes of at least 4 members (excludes halogenated alkanes) is 1. The zero-order chi connectivity index (χ0) is 20.6. The van der Waals surface area contributed by atoms with Crippen LogP contribution in [0, 0.1) is 0 Å². The topological polar surface area (TPSA) is 35.5 Å². The number of methoxy groups -OCH3 is 1. The average molecular weight is 393 g/mol. The van der Waals surface area contributed by atoms with Crippen molar-refractivity contribution in [2.75, 3.05) is 13.7 Å². The highest BCUT2D eigenvalue weighted by Gasteiger charge is 2.20. The molecule has 0 bridgehead atoms. The van der Waals surface area contributed by atoms with Crippen LogP contribution in [0.15, 0.2) is 60.7 Å². The number of hydrogen-bond donors (Lipinski definition) is 0. The third-order valence-electron chi connectivity index (χ3n) is 5.30. The first-order valence-electron chi connectivity index (χ1n) is 10.4. The molecule has 0 fully saturated rings. The molecule has 1 aromatic rings. The Labute approximate surface area is 174 Å². The molecule has 0 spiro atoms. The summed E-state index contributed by atoms with van der Waals surface area (Å²) in [5.41, 5.74) is 6.43. The Balaban J connectivity index is 1.64. The quantitative estimate of drug-likeness (QED) is 0.319. The first-order chi connectivity index (χ1) is 14.1. The van der Waals surface area contributed by atoms with Gasteiger partial charge in [-0.2, -0.15) is 0 Å². The second-order valence-electron chi connectivity index (χ2n) is 7.72. The number of esters is 1. The summed E-state index contributed by atoms with van der Waals surface area (Å²) < 4.78 is 10.8. The van der Waals surface area contributed by atoms with Crippen molar-refractivity contribution in [2.24, 2.45) is 0 Å². The van der Waals surface area contributed by atoms with Crippen LogP contribution in [0.25, 0.3) is 11.1 Å². The van der Waals surface area contributed by atoms with E-state index in [-0.39, 0.29) is 5.97 Å². The summed E-state index contributed by atoms with van der Waals surface area (Å²) in [5.74, 6) is 0.169. The molecule has 0 aromatic heterocycles. The van der Waals surface area contributed by atoms with Gasteiger partial charge in [0.25, 0.3) is 0 Å². The highest BCUT2D eigenvalue weighted by Crippen LogP contribution is 2.34. The number of rotatable bonds is 9. The van der Waals surface area contributed by atoms with Gasteiger partial charge in [0.05, 0.1) is 19.3 Å². The Kier molecular flexibility index (Phi) is 7.42. The molecular formula is C26H30O3. The molecule has 0 saturated heterocycles. The average Bonchev–Trinajstić information content (AvgIpc) is 2.92. The lowest BCUT2D eigenvalue weighted by atomic mass is 10.0. The predicted octanol–water partition coefficient (Wildman–Crippen LogP) is 6.24. The number of benzene rings is 1. The molecule has 2 aliphatic carbocycles. The summed E-state index contributed by atoms with van der Waals surface area (Å²) in [5, 5.41) is 0. The predicted molar refractivity (Wildman–Crippen MR) is 118 cm³/mol. The van der Waals surface area contributed by atoms with Crippen LogP contribution >= 0.6 is 0 Å². The van der Waals surface area contributed by atoms with Crippen LogP contribution in [0.4, 0.5) is 0 Å². The van der Waals surface area contributed by atoms with Gasteiger partial charge in [0.1, 0.15) is 0 Å². The third kappa shape index (κ3) is 5.45.